The predicted molar refractivity (Wildman–Crippen MR) is 112 cm³/mol. The van der Waals surface area contributed by atoms with E-state index in [1.807, 2.05) is 6.92 Å². The molecule has 3 heterocycles. The average molecular weight is 435 g/mol. The number of rotatable bonds is 9. The molecule has 0 aliphatic carbocycles. The van der Waals surface area contributed by atoms with Crippen molar-refractivity contribution in [2.75, 3.05) is 24.6 Å². The van der Waals surface area contributed by atoms with E-state index in [0.29, 0.717) is 28.9 Å². The zero-order chi connectivity index (χ0) is 21.7. The third-order valence-corrected chi connectivity index (χ3v) is 5.10. The lowest BCUT2D eigenvalue weighted by Gasteiger charge is -2.24. The first-order valence-corrected chi connectivity index (χ1v) is 10.2. The molecule has 0 unspecified atom stereocenters. The third kappa shape index (κ3) is 5.05. The van der Waals surface area contributed by atoms with Crippen LogP contribution in [0.25, 0.3) is 0 Å². The largest absolute Gasteiger partial charge is 0.492 e. The van der Waals surface area contributed by atoms with E-state index in [1.54, 1.807) is 31.2 Å². The highest BCUT2D eigenvalue weighted by Gasteiger charge is 2.43. The van der Waals surface area contributed by atoms with E-state index in [2.05, 4.69) is 9.97 Å². The number of urea groups is 1. The molecule has 0 N–H and O–H groups in total. The lowest BCUT2D eigenvalue weighted by atomic mass is 10.1. The van der Waals surface area contributed by atoms with Crippen molar-refractivity contribution >= 4 is 29.2 Å². The molecular formula is C21H24ClFN4O3. The molecule has 1 aliphatic heterocycles. The molecule has 2 aromatic heterocycles. The molecule has 160 valence electrons. The van der Waals surface area contributed by atoms with E-state index in [0.717, 1.165) is 0 Å². The zero-order valence-corrected chi connectivity index (χ0v) is 17.7. The highest BCUT2D eigenvalue weighted by Crippen LogP contribution is 2.27. The fraction of sp³-hybridized carbons (Fsp3) is 0.429. The number of ether oxygens (including phenoxy) is 1. The molecule has 0 radical (unpaired) electrons. The number of amides is 2. The number of ketones is 1. The van der Waals surface area contributed by atoms with Gasteiger partial charge in [0, 0.05) is 16.9 Å². The van der Waals surface area contributed by atoms with Crippen LogP contribution in [-0.4, -0.2) is 58.6 Å². The second kappa shape index (κ2) is 9.84. The van der Waals surface area contributed by atoms with Crippen LogP contribution in [-0.2, 0) is 11.2 Å². The van der Waals surface area contributed by atoms with E-state index >= 15 is 0 Å². The first-order valence-electron chi connectivity index (χ1n) is 9.86. The first kappa shape index (κ1) is 22.0. The lowest BCUT2D eigenvalue weighted by Crippen LogP contribution is -2.43. The molecule has 2 aromatic rings. The summed E-state index contributed by atoms with van der Waals surface area (Å²) in [7, 11) is 0. The van der Waals surface area contributed by atoms with Crippen molar-refractivity contribution in [3.05, 3.63) is 47.4 Å². The van der Waals surface area contributed by atoms with Gasteiger partial charge in [-0.1, -0.05) is 18.5 Å². The number of alkyl halides is 1. The minimum absolute atomic E-state index is 0.0153. The monoisotopic (exact) mass is 434 g/mol. The summed E-state index contributed by atoms with van der Waals surface area (Å²) in [6.45, 7) is 4.00. The Balaban J connectivity index is 1.75. The van der Waals surface area contributed by atoms with Gasteiger partial charge in [-0.15, -0.1) is 0 Å². The Morgan fingerprint density at radius 2 is 2.13 bits per heavy atom. The van der Waals surface area contributed by atoms with E-state index in [1.165, 1.54) is 22.2 Å². The molecule has 2 amide bonds. The van der Waals surface area contributed by atoms with E-state index in [-0.39, 0.29) is 31.7 Å². The Morgan fingerprint density at radius 3 is 2.77 bits per heavy atom. The molecule has 0 spiro atoms. The quantitative estimate of drug-likeness (QED) is 0.601. The predicted octanol–water partition coefficient (Wildman–Crippen LogP) is 3.70. The van der Waals surface area contributed by atoms with Crippen LogP contribution in [0.4, 0.5) is 15.0 Å². The molecule has 2 atom stereocenters. The van der Waals surface area contributed by atoms with Gasteiger partial charge in [0.25, 0.3) is 0 Å². The highest BCUT2D eigenvalue weighted by molar-refractivity contribution is 6.30. The Hall–Kier alpha value is -2.74. The van der Waals surface area contributed by atoms with E-state index in [4.69, 9.17) is 16.3 Å². The summed E-state index contributed by atoms with van der Waals surface area (Å²) in [5.74, 6) is 0.735. The summed E-state index contributed by atoms with van der Waals surface area (Å²) in [5, 5.41) is 0.477. The van der Waals surface area contributed by atoms with Crippen molar-refractivity contribution in [3.8, 4) is 5.75 Å². The van der Waals surface area contributed by atoms with Gasteiger partial charge < -0.3 is 9.64 Å². The number of carbonyl (C=O) groups excluding carboxylic acids is 2. The molecule has 3 rings (SSSR count). The van der Waals surface area contributed by atoms with Gasteiger partial charge in [-0.3, -0.25) is 14.7 Å². The summed E-state index contributed by atoms with van der Waals surface area (Å²) in [6.07, 6.45) is 2.04. The number of hydrogen-bond donors (Lipinski definition) is 0. The SMILES string of the molecule is CCOc1ccc(N2C[C@H]([C@@H](F)CC)N(CC(=O)Cc3cc(Cl)ccn3)C2=O)nc1. The van der Waals surface area contributed by atoms with Gasteiger partial charge in [-0.25, -0.2) is 14.2 Å². The fourth-order valence-electron chi connectivity index (χ4n) is 3.40. The van der Waals surface area contributed by atoms with Crippen LogP contribution in [0, 0.1) is 0 Å². The maximum absolute atomic E-state index is 14.6. The Morgan fingerprint density at radius 1 is 1.33 bits per heavy atom. The summed E-state index contributed by atoms with van der Waals surface area (Å²) < 4.78 is 20.0. The normalized spacial score (nSPS) is 17.3. The van der Waals surface area contributed by atoms with Crippen LogP contribution in [0.3, 0.4) is 0 Å². The van der Waals surface area contributed by atoms with Crippen molar-refractivity contribution in [2.45, 2.75) is 38.9 Å². The number of pyridine rings is 2. The standard InChI is InChI=1S/C21H24ClFN4O3/c1-3-18(23)19-13-27(20-6-5-17(11-25-20)30-4-2)21(29)26(19)12-16(28)10-15-9-14(22)7-8-24-15/h5-9,11,18-19H,3-4,10,12-13H2,1-2H3/t18-,19+/m0/s1. The van der Waals surface area contributed by atoms with Crippen LogP contribution in [0.5, 0.6) is 5.75 Å². The van der Waals surface area contributed by atoms with E-state index in [9.17, 15) is 14.0 Å². The molecule has 30 heavy (non-hydrogen) atoms. The molecule has 0 saturated carbocycles. The maximum atomic E-state index is 14.6. The summed E-state index contributed by atoms with van der Waals surface area (Å²) in [4.78, 5) is 36.7. The molecule has 0 aromatic carbocycles. The van der Waals surface area contributed by atoms with Gasteiger partial charge in [0.15, 0.2) is 5.78 Å². The maximum Gasteiger partial charge on any atom is 0.326 e. The second-order valence-corrected chi connectivity index (χ2v) is 7.42. The van der Waals surface area contributed by atoms with Crippen LogP contribution >= 0.6 is 11.6 Å². The Labute approximate surface area is 179 Å². The van der Waals surface area contributed by atoms with Gasteiger partial charge in [-0.2, -0.15) is 0 Å². The number of nitrogens with zero attached hydrogens (tertiary/aromatic N) is 4. The molecule has 1 saturated heterocycles. The molecule has 0 bridgehead atoms. The summed E-state index contributed by atoms with van der Waals surface area (Å²) >= 11 is 5.94. The number of aromatic nitrogens is 2. The molecule has 1 aliphatic rings. The highest BCUT2D eigenvalue weighted by atomic mass is 35.5. The second-order valence-electron chi connectivity index (χ2n) is 6.98. The zero-order valence-electron chi connectivity index (χ0n) is 16.9. The number of carbonyl (C=O) groups is 2. The van der Waals surface area contributed by atoms with Crippen molar-refractivity contribution in [1.82, 2.24) is 14.9 Å². The molecular weight excluding hydrogens is 411 g/mol. The third-order valence-electron chi connectivity index (χ3n) is 4.87. The topological polar surface area (TPSA) is 75.6 Å². The summed E-state index contributed by atoms with van der Waals surface area (Å²) in [6, 6.07) is 5.40. The smallest absolute Gasteiger partial charge is 0.326 e. The lowest BCUT2D eigenvalue weighted by molar-refractivity contribution is -0.119. The molecule has 9 heteroatoms. The van der Waals surface area contributed by atoms with Gasteiger partial charge in [0.2, 0.25) is 0 Å². The van der Waals surface area contributed by atoms with Gasteiger partial charge in [0.1, 0.15) is 17.7 Å². The van der Waals surface area contributed by atoms with Crippen molar-refractivity contribution in [3.63, 3.8) is 0 Å². The Bertz CT molecular complexity index is 896. The number of Topliss-reactive ketones (excluding diaryl/α,β-unsaturated/α-hetero) is 1. The minimum atomic E-state index is -1.25. The number of halogens is 2. The van der Waals surface area contributed by atoms with E-state index < -0.39 is 18.2 Å². The number of anilines is 1. The fourth-order valence-corrected chi connectivity index (χ4v) is 3.58. The van der Waals surface area contributed by atoms with Crippen LogP contribution in [0.2, 0.25) is 5.02 Å². The average Bonchev–Trinajstić information content (AvgIpc) is 3.04. The van der Waals surface area contributed by atoms with Gasteiger partial charge in [0.05, 0.1) is 38.4 Å². The Kier molecular flexibility index (Phi) is 7.20. The van der Waals surface area contributed by atoms with Crippen molar-refractivity contribution < 1.29 is 18.7 Å². The van der Waals surface area contributed by atoms with Crippen molar-refractivity contribution in [2.24, 2.45) is 0 Å². The van der Waals surface area contributed by atoms with Gasteiger partial charge >= 0.3 is 6.03 Å². The molecule has 7 nitrogen and oxygen atoms in total. The van der Waals surface area contributed by atoms with Crippen LogP contribution in [0.15, 0.2) is 36.7 Å². The van der Waals surface area contributed by atoms with Crippen molar-refractivity contribution in [1.29, 1.82) is 0 Å². The molecule has 1 fully saturated rings. The summed E-state index contributed by atoms with van der Waals surface area (Å²) in [5.41, 5.74) is 0.507. The van der Waals surface area contributed by atoms with Gasteiger partial charge in [-0.05, 0) is 37.6 Å². The minimum Gasteiger partial charge on any atom is -0.492 e. The number of hydrogen-bond acceptors (Lipinski definition) is 5. The first-order chi connectivity index (χ1) is 14.4. The van der Waals surface area contributed by atoms with Crippen LogP contribution < -0.4 is 9.64 Å². The van der Waals surface area contributed by atoms with Crippen LogP contribution in [0.1, 0.15) is 26.0 Å².